The Morgan fingerprint density at radius 1 is 0.436 bits per heavy atom. The highest BCUT2D eigenvalue weighted by Gasteiger charge is 2.24. The van der Waals surface area contributed by atoms with E-state index in [1.165, 1.54) is 36.3 Å². The van der Waals surface area contributed by atoms with Crippen LogP contribution >= 0.6 is 11.3 Å². The van der Waals surface area contributed by atoms with Gasteiger partial charge in [0.2, 0.25) is 0 Å². The first kappa shape index (κ1) is 30.3. The first-order valence-electron chi connectivity index (χ1n) is 18.4. The number of benzene rings is 8. The Bertz CT molecular complexity index is 3500. The molecule has 8 aromatic carbocycles. The third-order valence-electron chi connectivity index (χ3n) is 10.8. The second-order valence-electron chi connectivity index (χ2n) is 14.0. The van der Waals surface area contributed by atoms with Crippen LogP contribution in [0, 0.1) is 0 Å². The van der Waals surface area contributed by atoms with Crippen molar-refractivity contribution < 1.29 is 4.42 Å². The fraction of sp³-hybridized carbons (Fsp3) is 0. The maximum absolute atomic E-state index is 6.89. The lowest BCUT2D eigenvalue weighted by atomic mass is 10.0. The fourth-order valence-electron chi connectivity index (χ4n) is 8.39. The number of rotatable bonds is 4. The lowest BCUT2D eigenvalue weighted by Crippen LogP contribution is -2.01. The second-order valence-corrected chi connectivity index (χ2v) is 15.0. The van der Waals surface area contributed by atoms with E-state index in [-0.39, 0.29) is 0 Å². The SMILES string of the molecule is c1ccc(-c2nc(-c3cccc4sc5ccccc5c34)nc(-c3ccc(-n4c5ccccc5c5cc6ccccc6cc54)c4oc5ccccc5c34)n2)cc1. The van der Waals surface area contributed by atoms with Crippen molar-refractivity contribution in [3.63, 3.8) is 0 Å². The first-order chi connectivity index (χ1) is 27.3. The summed E-state index contributed by atoms with van der Waals surface area (Å²) in [6.45, 7) is 0. The summed E-state index contributed by atoms with van der Waals surface area (Å²) in [6.07, 6.45) is 0. The molecular formula is C49H28N4OS. The lowest BCUT2D eigenvalue weighted by molar-refractivity contribution is 0.666. The summed E-state index contributed by atoms with van der Waals surface area (Å²) in [5.74, 6) is 1.85. The number of thiophene rings is 1. The molecule has 0 saturated heterocycles. The van der Waals surface area contributed by atoms with Gasteiger partial charge in [-0.15, -0.1) is 11.3 Å². The van der Waals surface area contributed by atoms with Gasteiger partial charge in [-0.05, 0) is 59.3 Å². The molecule has 0 spiro atoms. The van der Waals surface area contributed by atoms with Gasteiger partial charge in [0.1, 0.15) is 5.58 Å². The Balaban J connectivity index is 1.17. The van der Waals surface area contributed by atoms with Gasteiger partial charge in [0.15, 0.2) is 23.1 Å². The van der Waals surface area contributed by atoms with E-state index in [0.29, 0.717) is 17.5 Å². The van der Waals surface area contributed by atoms with Crippen molar-refractivity contribution in [2.24, 2.45) is 0 Å². The summed E-state index contributed by atoms with van der Waals surface area (Å²) in [4.78, 5) is 15.7. The van der Waals surface area contributed by atoms with Crippen LogP contribution in [0.5, 0.6) is 0 Å². The largest absolute Gasteiger partial charge is 0.454 e. The molecule has 0 aliphatic carbocycles. The Morgan fingerprint density at radius 3 is 1.95 bits per heavy atom. The molecule has 6 heteroatoms. The Morgan fingerprint density at radius 2 is 1.09 bits per heavy atom. The van der Waals surface area contributed by atoms with Gasteiger partial charge in [-0.2, -0.15) is 0 Å². The molecule has 5 nitrogen and oxygen atoms in total. The lowest BCUT2D eigenvalue weighted by Gasteiger charge is -2.13. The summed E-state index contributed by atoms with van der Waals surface area (Å²) < 4.78 is 11.7. The minimum Gasteiger partial charge on any atom is -0.454 e. The summed E-state index contributed by atoms with van der Waals surface area (Å²) in [5, 5.41) is 9.14. The van der Waals surface area contributed by atoms with Gasteiger partial charge in [-0.25, -0.2) is 15.0 Å². The van der Waals surface area contributed by atoms with Crippen molar-refractivity contribution in [3.05, 3.63) is 170 Å². The summed E-state index contributed by atoms with van der Waals surface area (Å²) in [7, 11) is 0. The van der Waals surface area contributed by atoms with Gasteiger partial charge in [0.25, 0.3) is 0 Å². The van der Waals surface area contributed by atoms with E-state index in [2.05, 4.69) is 144 Å². The van der Waals surface area contributed by atoms with Crippen LogP contribution < -0.4 is 0 Å². The normalized spacial score (nSPS) is 12.0. The first-order valence-corrected chi connectivity index (χ1v) is 19.2. The van der Waals surface area contributed by atoms with Crippen LogP contribution in [0.4, 0.5) is 0 Å². The molecule has 4 aromatic heterocycles. The highest BCUT2D eigenvalue weighted by atomic mass is 32.1. The van der Waals surface area contributed by atoms with Crippen molar-refractivity contribution in [2.75, 3.05) is 0 Å². The zero-order valence-electron chi connectivity index (χ0n) is 29.3. The molecule has 0 saturated carbocycles. The van der Waals surface area contributed by atoms with Crippen LogP contribution in [0.3, 0.4) is 0 Å². The van der Waals surface area contributed by atoms with Crippen molar-refractivity contribution in [1.82, 2.24) is 19.5 Å². The van der Waals surface area contributed by atoms with Gasteiger partial charge in [-0.3, -0.25) is 0 Å². The van der Waals surface area contributed by atoms with Crippen LogP contribution in [0.15, 0.2) is 174 Å². The molecule has 4 heterocycles. The minimum absolute atomic E-state index is 0.594. The van der Waals surface area contributed by atoms with Crippen LogP contribution in [-0.2, 0) is 0 Å². The van der Waals surface area contributed by atoms with Crippen LogP contribution in [0.1, 0.15) is 0 Å². The van der Waals surface area contributed by atoms with E-state index in [1.807, 2.05) is 30.3 Å². The molecule has 256 valence electrons. The fourth-order valence-corrected chi connectivity index (χ4v) is 9.52. The molecule has 12 rings (SSSR count). The molecule has 12 aromatic rings. The summed E-state index contributed by atoms with van der Waals surface area (Å²) >= 11 is 1.79. The molecule has 0 aliphatic heterocycles. The highest BCUT2D eigenvalue weighted by molar-refractivity contribution is 7.25. The van der Waals surface area contributed by atoms with Crippen LogP contribution in [0.25, 0.3) is 115 Å². The maximum atomic E-state index is 6.89. The average molecular weight is 721 g/mol. The van der Waals surface area contributed by atoms with E-state index in [4.69, 9.17) is 19.4 Å². The van der Waals surface area contributed by atoms with Gasteiger partial charge < -0.3 is 8.98 Å². The molecule has 0 N–H and O–H groups in total. The van der Waals surface area contributed by atoms with Gasteiger partial charge in [-0.1, -0.05) is 121 Å². The average Bonchev–Trinajstić information content (AvgIpc) is 3.93. The number of nitrogens with zero attached hydrogens (tertiary/aromatic N) is 4. The van der Waals surface area contributed by atoms with E-state index in [9.17, 15) is 0 Å². The monoisotopic (exact) mass is 720 g/mol. The number of aromatic nitrogens is 4. The third-order valence-corrected chi connectivity index (χ3v) is 12.0. The van der Waals surface area contributed by atoms with Gasteiger partial charge >= 0.3 is 0 Å². The molecule has 0 fully saturated rings. The molecule has 55 heavy (non-hydrogen) atoms. The molecule has 0 radical (unpaired) electrons. The van der Waals surface area contributed by atoms with Crippen LogP contribution in [0.2, 0.25) is 0 Å². The predicted octanol–water partition coefficient (Wildman–Crippen LogP) is 13.4. The quantitative estimate of drug-likeness (QED) is 0.182. The van der Waals surface area contributed by atoms with E-state index < -0.39 is 0 Å². The van der Waals surface area contributed by atoms with Gasteiger partial charge in [0.05, 0.1) is 16.7 Å². The summed E-state index contributed by atoms with van der Waals surface area (Å²) in [5.41, 5.74) is 7.59. The van der Waals surface area contributed by atoms with Crippen molar-refractivity contribution >= 4 is 86.0 Å². The Kier molecular flexibility index (Phi) is 6.44. The standard InChI is InChI=1S/C49H28N4OS/c1-2-13-29(14-3-1)47-50-48(35-20-12-24-43-44(35)34-19-8-11-23-42(34)55-43)52-49(51-47)36-25-26-39(46-45(36)33-18-7-10-22-41(33)54-46)53-38-21-9-6-17-32(38)37-27-30-15-4-5-16-31(30)28-40(37)53/h1-28H. The van der Waals surface area contributed by atoms with Crippen LogP contribution in [-0.4, -0.2) is 19.5 Å². The maximum Gasteiger partial charge on any atom is 0.164 e. The molecule has 0 atom stereocenters. The van der Waals surface area contributed by atoms with Crippen molar-refractivity contribution in [2.45, 2.75) is 0 Å². The number of para-hydroxylation sites is 2. The molecule has 0 unspecified atom stereocenters. The topological polar surface area (TPSA) is 56.7 Å². The Hall–Kier alpha value is -7.15. The minimum atomic E-state index is 0.594. The second kappa shape index (κ2) is 11.7. The van der Waals surface area contributed by atoms with E-state index in [1.54, 1.807) is 11.3 Å². The van der Waals surface area contributed by atoms with Gasteiger partial charge in [0, 0.05) is 58.4 Å². The number of furan rings is 1. The third kappa shape index (κ3) is 4.55. The van der Waals surface area contributed by atoms with E-state index >= 15 is 0 Å². The molecule has 0 bridgehead atoms. The molecule has 0 amide bonds. The predicted molar refractivity (Wildman–Crippen MR) is 228 cm³/mol. The molecule has 0 aliphatic rings. The smallest absolute Gasteiger partial charge is 0.164 e. The molecular weight excluding hydrogens is 693 g/mol. The number of hydrogen-bond donors (Lipinski definition) is 0. The summed E-state index contributed by atoms with van der Waals surface area (Å²) in [6, 6.07) is 59.5. The number of hydrogen-bond acceptors (Lipinski definition) is 5. The zero-order chi connectivity index (χ0) is 36.0. The van der Waals surface area contributed by atoms with E-state index in [0.717, 1.165) is 60.7 Å². The van der Waals surface area contributed by atoms with Crippen molar-refractivity contribution in [3.8, 4) is 39.9 Å². The zero-order valence-corrected chi connectivity index (χ0v) is 30.1. The highest BCUT2D eigenvalue weighted by Crippen LogP contribution is 2.44. The Labute approximate surface area is 318 Å². The van der Waals surface area contributed by atoms with Crippen molar-refractivity contribution in [1.29, 1.82) is 0 Å². The number of fused-ring (bicyclic) bond motifs is 10.